The molecule has 0 radical (unpaired) electrons. The molecule has 9 heteroatoms. The van der Waals surface area contributed by atoms with Crippen molar-refractivity contribution in [2.75, 3.05) is 44.0 Å². The van der Waals surface area contributed by atoms with E-state index in [-0.39, 0.29) is 0 Å². The third kappa shape index (κ3) is 7.05. The molecule has 2 aliphatic rings. The smallest absolute Gasteiger partial charge is 0.229 e. The maximum absolute atomic E-state index is 6.03. The number of aryl methyl sites for hydroxylation is 1. The van der Waals surface area contributed by atoms with E-state index < -0.39 is 0 Å². The van der Waals surface area contributed by atoms with Gasteiger partial charge in [-0.2, -0.15) is 4.98 Å². The lowest BCUT2D eigenvalue weighted by molar-refractivity contribution is 0.203. The Hall–Kier alpha value is -3.04. The van der Waals surface area contributed by atoms with Crippen LogP contribution in [0.15, 0.2) is 47.6 Å². The zero-order chi connectivity index (χ0) is 25.5. The molecule has 0 amide bonds. The summed E-state index contributed by atoms with van der Waals surface area (Å²) in [6.07, 6.45) is 10.8. The van der Waals surface area contributed by atoms with Crippen LogP contribution in [-0.4, -0.2) is 58.5 Å². The van der Waals surface area contributed by atoms with Gasteiger partial charge in [-0.05, 0) is 69.5 Å². The van der Waals surface area contributed by atoms with Crippen molar-refractivity contribution >= 4 is 34.9 Å². The zero-order valence-electron chi connectivity index (χ0n) is 21.7. The largest absolute Gasteiger partial charge is 0.493 e. The molecule has 1 unspecified atom stereocenters. The van der Waals surface area contributed by atoms with Crippen molar-refractivity contribution in [2.45, 2.75) is 55.6 Å². The number of aromatic nitrogens is 3. The molecule has 5 rings (SSSR count). The minimum Gasteiger partial charge on any atom is -0.493 e. The Bertz CT molecular complexity index is 1190. The Kier molecular flexibility index (Phi) is 8.63. The second-order valence-electron chi connectivity index (χ2n) is 9.62. The van der Waals surface area contributed by atoms with E-state index in [2.05, 4.69) is 43.5 Å². The Labute approximate surface area is 223 Å². The summed E-state index contributed by atoms with van der Waals surface area (Å²) in [4.78, 5) is 17.4. The van der Waals surface area contributed by atoms with Gasteiger partial charge in [-0.25, -0.2) is 4.98 Å². The summed E-state index contributed by atoms with van der Waals surface area (Å²) in [5.74, 6) is 2.63. The van der Waals surface area contributed by atoms with Crippen molar-refractivity contribution in [2.24, 2.45) is 0 Å². The van der Waals surface area contributed by atoms with Gasteiger partial charge in [0.05, 0.1) is 31.3 Å². The van der Waals surface area contributed by atoms with E-state index in [1.165, 1.54) is 49.4 Å². The number of likely N-dealkylation sites (tertiary alicyclic amines) is 1. The second kappa shape index (κ2) is 12.5. The molecule has 2 aromatic heterocycles. The van der Waals surface area contributed by atoms with E-state index in [0.717, 1.165) is 36.5 Å². The topological polar surface area (TPSA) is 84.4 Å². The summed E-state index contributed by atoms with van der Waals surface area (Å²) in [7, 11) is 1.66. The van der Waals surface area contributed by atoms with Crippen molar-refractivity contribution in [1.82, 2.24) is 19.9 Å². The molecule has 2 aliphatic heterocycles. The van der Waals surface area contributed by atoms with E-state index in [1.807, 2.05) is 42.2 Å². The van der Waals surface area contributed by atoms with Crippen LogP contribution < -0.4 is 20.1 Å². The number of rotatable bonds is 10. The van der Waals surface area contributed by atoms with Crippen LogP contribution in [0, 0.1) is 0 Å². The number of thioether (sulfide) groups is 1. The summed E-state index contributed by atoms with van der Waals surface area (Å²) in [6.45, 7) is 6.45. The Morgan fingerprint density at radius 3 is 2.78 bits per heavy atom. The van der Waals surface area contributed by atoms with Gasteiger partial charge < -0.3 is 25.0 Å². The molecule has 0 spiro atoms. The van der Waals surface area contributed by atoms with Crippen LogP contribution in [0.5, 0.6) is 11.5 Å². The Balaban J connectivity index is 1.18. The van der Waals surface area contributed by atoms with Crippen molar-refractivity contribution in [3.63, 3.8) is 0 Å². The van der Waals surface area contributed by atoms with Crippen molar-refractivity contribution in [1.29, 1.82) is 0 Å². The normalized spacial score (nSPS) is 17.6. The number of ether oxygens (including phenoxy) is 2. The van der Waals surface area contributed by atoms with Crippen molar-refractivity contribution < 1.29 is 9.47 Å². The number of nitrogens with one attached hydrogen (secondary N) is 2. The molecule has 2 N–H and O–H groups in total. The van der Waals surface area contributed by atoms with Crippen LogP contribution in [0.1, 0.15) is 44.7 Å². The monoisotopic (exact) mass is 520 g/mol. The minimum absolute atomic E-state index is 0.496. The van der Waals surface area contributed by atoms with Crippen LogP contribution in [0.25, 0.3) is 0 Å². The SMILES string of the molecule is COc1cc(Nc2nccc(Nc3cnc4c(c3)SC(C)CC4)n2)ccc1OCCCN1CCCCC1. The van der Waals surface area contributed by atoms with Gasteiger partial charge >= 0.3 is 0 Å². The molecule has 196 valence electrons. The van der Waals surface area contributed by atoms with E-state index >= 15 is 0 Å². The highest BCUT2D eigenvalue weighted by Crippen LogP contribution is 2.36. The van der Waals surface area contributed by atoms with Gasteiger partial charge in [0.25, 0.3) is 0 Å². The van der Waals surface area contributed by atoms with Gasteiger partial charge in [0.15, 0.2) is 11.5 Å². The summed E-state index contributed by atoms with van der Waals surface area (Å²) >= 11 is 1.89. The average molecular weight is 521 g/mol. The fourth-order valence-electron chi connectivity index (χ4n) is 4.73. The zero-order valence-corrected chi connectivity index (χ0v) is 22.5. The highest BCUT2D eigenvalue weighted by molar-refractivity contribution is 8.00. The molecule has 8 nitrogen and oxygen atoms in total. The molecule has 1 aromatic carbocycles. The molecule has 1 fully saturated rings. The fraction of sp³-hybridized carbons (Fsp3) is 0.464. The first-order valence-electron chi connectivity index (χ1n) is 13.2. The van der Waals surface area contributed by atoms with Crippen LogP contribution in [-0.2, 0) is 6.42 Å². The van der Waals surface area contributed by atoms with Crippen LogP contribution >= 0.6 is 11.8 Å². The lowest BCUT2D eigenvalue weighted by Gasteiger charge is -2.26. The fourth-order valence-corrected chi connectivity index (χ4v) is 5.89. The molecular formula is C28H36N6O2S. The maximum Gasteiger partial charge on any atom is 0.229 e. The number of methoxy groups -OCH3 is 1. The van der Waals surface area contributed by atoms with E-state index in [0.29, 0.717) is 29.4 Å². The van der Waals surface area contributed by atoms with Gasteiger partial charge in [-0.15, -0.1) is 11.8 Å². The summed E-state index contributed by atoms with van der Waals surface area (Å²) in [6, 6.07) is 9.81. The molecule has 0 saturated carbocycles. The van der Waals surface area contributed by atoms with Gasteiger partial charge in [0, 0.05) is 34.6 Å². The number of hydrogen-bond donors (Lipinski definition) is 2. The number of benzene rings is 1. The Morgan fingerprint density at radius 1 is 1.03 bits per heavy atom. The van der Waals surface area contributed by atoms with Crippen LogP contribution in [0.2, 0.25) is 0 Å². The van der Waals surface area contributed by atoms with E-state index in [4.69, 9.17) is 9.47 Å². The molecule has 0 aliphatic carbocycles. The van der Waals surface area contributed by atoms with Crippen molar-refractivity contribution in [3.8, 4) is 11.5 Å². The molecule has 1 atom stereocenters. The summed E-state index contributed by atoms with van der Waals surface area (Å²) in [5.41, 5.74) is 2.94. The number of fused-ring (bicyclic) bond motifs is 1. The molecule has 4 heterocycles. The summed E-state index contributed by atoms with van der Waals surface area (Å²) in [5, 5.41) is 7.26. The molecule has 1 saturated heterocycles. The molecule has 0 bridgehead atoms. The van der Waals surface area contributed by atoms with Gasteiger partial charge in [-0.1, -0.05) is 13.3 Å². The lowest BCUT2D eigenvalue weighted by atomic mass is 10.1. The third-order valence-corrected chi connectivity index (χ3v) is 7.96. The average Bonchev–Trinajstić information content (AvgIpc) is 2.92. The highest BCUT2D eigenvalue weighted by atomic mass is 32.2. The molecule has 37 heavy (non-hydrogen) atoms. The quantitative estimate of drug-likeness (QED) is 0.310. The first-order valence-corrected chi connectivity index (χ1v) is 14.1. The van der Waals surface area contributed by atoms with Crippen molar-refractivity contribution in [3.05, 3.63) is 48.4 Å². The van der Waals surface area contributed by atoms with Gasteiger partial charge in [0.1, 0.15) is 5.82 Å². The van der Waals surface area contributed by atoms with E-state index in [9.17, 15) is 0 Å². The van der Waals surface area contributed by atoms with Crippen LogP contribution in [0.4, 0.5) is 23.1 Å². The third-order valence-electron chi connectivity index (χ3n) is 6.72. The summed E-state index contributed by atoms with van der Waals surface area (Å²) < 4.78 is 11.6. The maximum atomic E-state index is 6.03. The number of nitrogens with zero attached hydrogens (tertiary/aromatic N) is 4. The predicted molar refractivity (Wildman–Crippen MR) is 150 cm³/mol. The first kappa shape index (κ1) is 25.6. The molecule has 3 aromatic rings. The van der Waals surface area contributed by atoms with E-state index in [1.54, 1.807) is 13.3 Å². The highest BCUT2D eigenvalue weighted by Gasteiger charge is 2.17. The number of piperidine rings is 1. The Morgan fingerprint density at radius 2 is 1.92 bits per heavy atom. The standard InChI is InChI=1S/C28H36N6O2S/c1-20-7-9-23-26(37-20)18-22(19-30-23)31-27-11-12-29-28(33-27)32-21-8-10-24(25(17-21)35-2)36-16-6-15-34-13-4-3-5-14-34/h8,10-12,17-20H,3-7,9,13-16H2,1-2H3,(H2,29,31,32,33). The lowest BCUT2D eigenvalue weighted by Crippen LogP contribution is -2.31. The molecular weight excluding hydrogens is 484 g/mol. The number of hydrogen-bond acceptors (Lipinski definition) is 9. The second-order valence-corrected chi connectivity index (χ2v) is 11.1. The minimum atomic E-state index is 0.496. The van der Waals surface area contributed by atoms with Crippen LogP contribution in [0.3, 0.4) is 0 Å². The van der Waals surface area contributed by atoms with Gasteiger partial charge in [0.2, 0.25) is 5.95 Å². The predicted octanol–water partition coefficient (Wildman–Crippen LogP) is 6.05. The first-order chi connectivity index (χ1) is 18.2. The van der Waals surface area contributed by atoms with Gasteiger partial charge in [-0.3, -0.25) is 4.98 Å². The number of anilines is 4. The number of pyridine rings is 1.